The molecule has 0 aliphatic heterocycles. The molecular weight excluding hydrogens is 1060 g/mol. The second kappa shape index (κ2) is 63.4. The summed E-state index contributed by atoms with van der Waals surface area (Å²) in [7, 11) is 0. The van der Waals surface area contributed by atoms with E-state index < -0.39 is 23.9 Å². The molecule has 0 atom stereocenters. The molecule has 77 heavy (non-hydrogen) atoms. The van der Waals surface area contributed by atoms with E-state index in [1.165, 1.54) is 217 Å². The summed E-state index contributed by atoms with van der Waals surface area (Å²) in [6.45, 7) is 17.2. The Kier molecular flexibility index (Phi) is 64.1. The zero-order valence-electron chi connectivity index (χ0n) is 49.8. The monoisotopic (exact) mass is 1180 g/mol. The third kappa shape index (κ3) is 53.0. The third-order valence-corrected chi connectivity index (χ3v) is 13.2. The van der Waals surface area contributed by atoms with Gasteiger partial charge in [-0.05, 0) is 76.3 Å². The fourth-order valence-corrected chi connectivity index (χ4v) is 8.42. The van der Waals surface area contributed by atoms with Gasteiger partial charge >= 0.3 is 35.8 Å². The summed E-state index contributed by atoms with van der Waals surface area (Å²) in [6, 6.07) is 11.9. The van der Waals surface area contributed by atoms with Gasteiger partial charge in [0.05, 0.1) is 36.3 Å². The minimum absolute atomic E-state index is 0. The third-order valence-electron chi connectivity index (χ3n) is 13.2. The average molecular weight is 1180 g/mol. The molecule has 2 aromatic rings. The molecule has 0 spiro atoms. The predicted molar refractivity (Wildman–Crippen MR) is 324 cm³/mol. The first-order valence-corrected chi connectivity index (χ1v) is 31.0. The van der Waals surface area contributed by atoms with E-state index in [1.54, 1.807) is 24.3 Å². The van der Waals surface area contributed by atoms with Crippen LogP contribution in [0.1, 0.15) is 326 Å². The van der Waals surface area contributed by atoms with Crippen LogP contribution in [0.5, 0.6) is 0 Å². The summed E-state index contributed by atoms with van der Waals surface area (Å²) >= 11 is 0. The number of unbranched alkanes of at least 4 members (excludes halogenated alkanes) is 34. The topological polar surface area (TPSA) is 133 Å². The van der Waals surface area contributed by atoms with Crippen molar-refractivity contribution < 1.29 is 38.9 Å². The molecule has 4 radical (unpaired) electrons. The number of carboxylic acid groups (broad SMARTS) is 2. The van der Waals surface area contributed by atoms with Crippen LogP contribution in [-0.4, -0.2) is 61.0 Å². The molecule has 0 fully saturated rings. The zero-order valence-corrected chi connectivity index (χ0v) is 52.7. The quantitative estimate of drug-likeness (QED) is 0.0277. The molecule has 436 valence electrons. The van der Waals surface area contributed by atoms with Crippen LogP contribution in [0.2, 0.25) is 0 Å². The van der Waals surface area contributed by atoms with Gasteiger partial charge in [-0.15, -0.1) is 0 Å². The van der Waals surface area contributed by atoms with Crippen molar-refractivity contribution in [3.63, 3.8) is 0 Å². The second-order valence-electron chi connectivity index (χ2n) is 20.3. The van der Waals surface area contributed by atoms with Gasteiger partial charge in [0.15, 0.2) is 0 Å². The summed E-state index contributed by atoms with van der Waals surface area (Å²) in [5.74, 6) is -3.94. The maximum Gasteiger partial charge on any atom is 2.00 e. The Bertz CT molecular complexity index is 1540. The fourth-order valence-electron chi connectivity index (χ4n) is 8.42. The van der Waals surface area contributed by atoms with Crippen LogP contribution in [0, 0.1) is 13.8 Å². The number of carbonyl (C=O) groups is 4. The minimum atomic E-state index is -1.37. The second-order valence-corrected chi connectivity index (χ2v) is 20.3. The van der Waals surface area contributed by atoms with Gasteiger partial charge in [0.1, 0.15) is 0 Å². The van der Waals surface area contributed by atoms with Crippen molar-refractivity contribution in [3.05, 3.63) is 109 Å². The van der Waals surface area contributed by atoms with E-state index in [4.69, 9.17) is 9.47 Å². The van der Waals surface area contributed by atoms with E-state index in [0.29, 0.717) is 13.2 Å². The smallest absolute Gasteiger partial charge is 0.545 e. The summed E-state index contributed by atoms with van der Waals surface area (Å²) in [5.41, 5.74) is -0.155. The largest absolute Gasteiger partial charge is 2.00 e. The number of rotatable bonds is 46. The molecule has 8 nitrogen and oxygen atoms in total. The van der Waals surface area contributed by atoms with Gasteiger partial charge in [-0.2, -0.15) is 0 Å². The Balaban J connectivity index is -0.00000109. The molecule has 0 unspecified atom stereocenters. The van der Waals surface area contributed by atoms with Crippen LogP contribution in [-0.2, 0) is 9.47 Å². The van der Waals surface area contributed by atoms with Crippen LogP contribution in [0.4, 0.5) is 0 Å². The van der Waals surface area contributed by atoms with Gasteiger partial charge in [-0.1, -0.05) is 295 Å². The number of benzene rings is 2. The Labute approximate surface area is 490 Å². The van der Waals surface area contributed by atoms with Gasteiger partial charge in [-0.3, -0.25) is 0 Å². The molecular formula is C68H112O8Sn. The summed E-state index contributed by atoms with van der Waals surface area (Å²) in [5, 5.41) is 22.1. The fraction of sp³-hybridized carbons (Fsp3) is 0.676. The molecule has 0 bridgehead atoms. The van der Waals surface area contributed by atoms with Crippen molar-refractivity contribution in [2.75, 3.05) is 13.2 Å². The van der Waals surface area contributed by atoms with Gasteiger partial charge in [0.25, 0.3) is 0 Å². The van der Waals surface area contributed by atoms with Crippen LogP contribution >= 0.6 is 0 Å². The number of aromatic carboxylic acids is 2. The van der Waals surface area contributed by atoms with Crippen molar-refractivity contribution >= 4 is 47.8 Å². The maximum absolute atomic E-state index is 12.0. The predicted octanol–water partition coefficient (Wildman–Crippen LogP) is 18.5. The first-order chi connectivity index (χ1) is 37.2. The summed E-state index contributed by atoms with van der Waals surface area (Å²) in [4.78, 5) is 46.1. The van der Waals surface area contributed by atoms with E-state index in [9.17, 15) is 29.4 Å². The molecule has 2 rings (SSSR count). The molecule has 0 aromatic heterocycles. The first kappa shape index (κ1) is 77.8. The number of carboxylic acids is 2. The van der Waals surface area contributed by atoms with Crippen LogP contribution < -0.4 is 10.2 Å². The molecule has 0 saturated heterocycles. The van der Waals surface area contributed by atoms with Crippen molar-refractivity contribution in [2.45, 2.75) is 285 Å². The molecule has 9 heteroatoms. The van der Waals surface area contributed by atoms with Gasteiger partial charge in [0.2, 0.25) is 0 Å². The van der Waals surface area contributed by atoms with E-state index >= 15 is 0 Å². The van der Waals surface area contributed by atoms with Crippen molar-refractivity contribution in [1.29, 1.82) is 0 Å². The molecule has 0 saturated carbocycles. The van der Waals surface area contributed by atoms with Gasteiger partial charge in [-0.25, -0.2) is 9.59 Å². The zero-order chi connectivity index (χ0) is 56.2. The number of hydrogen-bond donors (Lipinski definition) is 0. The van der Waals surface area contributed by atoms with Gasteiger partial charge < -0.3 is 29.3 Å². The van der Waals surface area contributed by atoms with E-state index in [1.807, 2.05) is 0 Å². The van der Waals surface area contributed by atoms with E-state index in [2.05, 4.69) is 65.8 Å². The summed E-state index contributed by atoms with van der Waals surface area (Å²) < 4.78 is 10.4. The van der Waals surface area contributed by atoms with Crippen LogP contribution in [0.25, 0.3) is 0 Å². The van der Waals surface area contributed by atoms with E-state index in [-0.39, 0.29) is 46.2 Å². The SMILES string of the molecule is CCCCCCCCCCCC/C=C/CCCCOC(=O)c1ccccc1C(=O)[O-].CCCCCCCCCCCC/C=C/CCCCOC(=O)c1ccccc1C(=O)[O-].[CH2]CCCCCCC.[CH2]CCCCCCC.[Sn+2]. The normalized spacial score (nSPS) is 10.7. The summed E-state index contributed by atoms with van der Waals surface area (Å²) in [6.07, 6.45) is 59.8. The van der Waals surface area contributed by atoms with Crippen LogP contribution in [0.15, 0.2) is 72.8 Å². The van der Waals surface area contributed by atoms with E-state index in [0.717, 1.165) is 64.2 Å². The number of ether oxygens (including phenoxy) is 2. The maximum atomic E-state index is 12.0. The van der Waals surface area contributed by atoms with Crippen molar-refractivity contribution in [3.8, 4) is 0 Å². The molecule has 0 aliphatic rings. The molecule has 2 aromatic carbocycles. The average Bonchev–Trinajstić information content (AvgIpc) is 3.43. The Morgan fingerprint density at radius 2 is 0.571 bits per heavy atom. The first-order valence-electron chi connectivity index (χ1n) is 31.0. The van der Waals surface area contributed by atoms with Crippen LogP contribution in [0.3, 0.4) is 0 Å². The number of allylic oxidation sites excluding steroid dienone is 4. The van der Waals surface area contributed by atoms with Crippen molar-refractivity contribution in [2.24, 2.45) is 0 Å². The molecule has 0 amide bonds. The number of esters is 2. The standard InChI is InChI=1S/2C26H40O4.2C8H17.Sn/c2*1-2-3-4-5-6-7-8-9-10-11-12-13-14-15-16-19-22-30-26(29)24-21-18-17-20-23(24)25(27)28;2*1-3-5-7-8-6-4-2;/h2*13-14,17-18,20-21H,2-12,15-16,19,22H2,1H3,(H,27,28);2*1,3-8H2,2H3;/q;;;;+2/p-2/b2*14-13+;;;. The molecule has 0 aliphatic carbocycles. The number of hydrogen-bond acceptors (Lipinski definition) is 8. The molecule has 0 N–H and O–H groups in total. The van der Waals surface area contributed by atoms with Crippen molar-refractivity contribution in [1.82, 2.24) is 0 Å². The molecule has 0 heterocycles. The minimum Gasteiger partial charge on any atom is -0.545 e. The van der Waals surface area contributed by atoms with Gasteiger partial charge in [0, 0.05) is 11.1 Å². The Morgan fingerprint density at radius 1 is 0.351 bits per heavy atom. The number of carbonyl (C=O) groups excluding carboxylic acids is 4. The Morgan fingerprint density at radius 3 is 0.818 bits per heavy atom. The Hall–Kier alpha value is -3.40.